The Morgan fingerprint density at radius 3 is 2.37 bits per heavy atom. The zero-order chi connectivity index (χ0) is 22.3. The van der Waals surface area contributed by atoms with Gasteiger partial charge < -0.3 is 15.5 Å². The quantitative estimate of drug-likeness (QED) is 0.294. The molecule has 0 fully saturated rings. The second kappa shape index (κ2) is 9.84. The van der Waals surface area contributed by atoms with Crippen molar-refractivity contribution in [1.29, 1.82) is 0 Å². The largest absolute Gasteiger partial charge is 0.372 e. The van der Waals surface area contributed by atoms with Crippen LogP contribution in [0.1, 0.15) is 26.3 Å². The van der Waals surface area contributed by atoms with Gasteiger partial charge in [-0.05, 0) is 18.2 Å². The summed E-state index contributed by atoms with van der Waals surface area (Å²) in [5, 5.41) is 16.2. The molecule has 0 unspecified atom stereocenters. The lowest BCUT2D eigenvalue weighted by Crippen LogP contribution is -2.37. The van der Waals surface area contributed by atoms with Gasteiger partial charge in [-0.2, -0.15) is 0 Å². The van der Waals surface area contributed by atoms with Crippen molar-refractivity contribution < 1.29 is 19.3 Å². The SMILES string of the molecule is C#CCNC(=O)CNC(=O)c1ccccc1C(=O)c1ccc(N(C)C)c([N+](=O)[O-])c1. The first-order chi connectivity index (χ1) is 14.3. The van der Waals surface area contributed by atoms with Crippen LogP contribution in [0.2, 0.25) is 0 Å². The fourth-order valence-corrected chi connectivity index (χ4v) is 2.69. The zero-order valence-electron chi connectivity index (χ0n) is 16.5. The summed E-state index contributed by atoms with van der Waals surface area (Å²) in [6.45, 7) is -0.280. The van der Waals surface area contributed by atoms with Gasteiger partial charge in [-0.25, -0.2) is 0 Å². The molecule has 2 rings (SSSR count). The molecule has 154 valence electrons. The number of hydrogen-bond donors (Lipinski definition) is 2. The number of nitro groups is 1. The molecule has 0 saturated heterocycles. The van der Waals surface area contributed by atoms with Gasteiger partial charge in [0.05, 0.1) is 23.6 Å². The molecule has 0 heterocycles. The molecule has 2 aromatic carbocycles. The van der Waals surface area contributed by atoms with Crippen molar-refractivity contribution >= 4 is 29.0 Å². The molecule has 0 atom stereocenters. The highest BCUT2D eigenvalue weighted by Crippen LogP contribution is 2.29. The number of anilines is 1. The van der Waals surface area contributed by atoms with E-state index >= 15 is 0 Å². The first-order valence-electron chi connectivity index (χ1n) is 8.84. The van der Waals surface area contributed by atoms with Gasteiger partial charge >= 0.3 is 0 Å². The highest BCUT2D eigenvalue weighted by Gasteiger charge is 2.22. The molecule has 0 spiro atoms. The summed E-state index contributed by atoms with van der Waals surface area (Å²) in [7, 11) is 3.31. The van der Waals surface area contributed by atoms with Crippen molar-refractivity contribution in [2.75, 3.05) is 32.1 Å². The molecule has 0 radical (unpaired) electrons. The molecule has 2 N–H and O–H groups in total. The van der Waals surface area contributed by atoms with E-state index in [2.05, 4.69) is 16.6 Å². The van der Waals surface area contributed by atoms with Gasteiger partial charge in [0, 0.05) is 31.3 Å². The highest BCUT2D eigenvalue weighted by atomic mass is 16.6. The van der Waals surface area contributed by atoms with E-state index < -0.39 is 22.5 Å². The first kappa shape index (κ1) is 22.1. The van der Waals surface area contributed by atoms with E-state index in [0.717, 1.165) is 0 Å². The van der Waals surface area contributed by atoms with Gasteiger partial charge in [-0.3, -0.25) is 24.5 Å². The maximum Gasteiger partial charge on any atom is 0.293 e. The third-order valence-corrected chi connectivity index (χ3v) is 4.13. The summed E-state index contributed by atoms with van der Waals surface area (Å²) in [6.07, 6.45) is 5.05. The van der Waals surface area contributed by atoms with Crippen LogP contribution in [0.3, 0.4) is 0 Å². The van der Waals surface area contributed by atoms with Crippen molar-refractivity contribution in [2.24, 2.45) is 0 Å². The molecule has 2 amide bonds. The van der Waals surface area contributed by atoms with E-state index in [1.165, 1.54) is 30.3 Å². The Balaban J connectivity index is 2.31. The van der Waals surface area contributed by atoms with Gasteiger partial charge in [0.1, 0.15) is 5.69 Å². The van der Waals surface area contributed by atoms with E-state index in [1.54, 1.807) is 31.1 Å². The van der Waals surface area contributed by atoms with Gasteiger partial charge in [-0.15, -0.1) is 6.42 Å². The van der Waals surface area contributed by atoms with Crippen LogP contribution in [0, 0.1) is 22.5 Å². The monoisotopic (exact) mass is 408 g/mol. The normalized spacial score (nSPS) is 9.90. The molecule has 0 aliphatic heterocycles. The highest BCUT2D eigenvalue weighted by molar-refractivity contribution is 6.15. The summed E-state index contributed by atoms with van der Waals surface area (Å²) in [5.74, 6) is 0.591. The Bertz CT molecular complexity index is 1040. The lowest BCUT2D eigenvalue weighted by molar-refractivity contribution is -0.384. The summed E-state index contributed by atoms with van der Waals surface area (Å²) >= 11 is 0. The van der Waals surface area contributed by atoms with E-state index in [0.29, 0.717) is 5.69 Å². The van der Waals surface area contributed by atoms with Crippen molar-refractivity contribution in [3.05, 3.63) is 69.3 Å². The van der Waals surface area contributed by atoms with Crippen LogP contribution in [-0.2, 0) is 4.79 Å². The third-order valence-electron chi connectivity index (χ3n) is 4.13. The average molecular weight is 408 g/mol. The average Bonchev–Trinajstić information content (AvgIpc) is 2.74. The fraction of sp³-hybridized carbons (Fsp3) is 0.190. The van der Waals surface area contributed by atoms with Crippen LogP contribution >= 0.6 is 0 Å². The van der Waals surface area contributed by atoms with E-state index in [-0.39, 0.29) is 35.5 Å². The van der Waals surface area contributed by atoms with Crippen LogP contribution in [0.4, 0.5) is 11.4 Å². The molecule has 0 bridgehead atoms. The lowest BCUT2D eigenvalue weighted by atomic mass is 9.97. The van der Waals surface area contributed by atoms with Crippen LogP contribution in [0.15, 0.2) is 42.5 Å². The molecule has 2 aromatic rings. The van der Waals surface area contributed by atoms with Gasteiger partial charge in [0.2, 0.25) is 5.91 Å². The van der Waals surface area contributed by atoms with E-state index in [4.69, 9.17) is 6.42 Å². The molecular formula is C21H20N4O5. The standard InChI is InChI=1S/C21H20N4O5/c1-4-11-22-19(26)13-23-21(28)16-8-6-5-7-15(16)20(27)14-9-10-17(24(2)3)18(12-14)25(29)30/h1,5-10,12H,11,13H2,2-3H3,(H,22,26)(H,23,28). The molecule has 0 saturated carbocycles. The topological polar surface area (TPSA) is 122 Å². The second-order valence-electron chi connectivity index (χ2n) is 6.39. The Morgan fingerprint density at radius 2 is 1.77 bits per heavy atom. The molecule has 0 aliphatic carbocycles. The molecular weight excluding hydrogens is 388 g/mol. The third kappa shape index (κ3) is 5.20. The van der Waals surface area contributed by atoms with Crippen molar-refractivity contribution in [3.63, 3.8) is 0 Å². The lowest BCUT2D eigenvalue weighted by Gasteiger charge is -2.14. The number of nitrogens with zero attached hydrogens (tertiary/aromatic N) is 2. The number of nitro benzene ring substituents is 1. The van der Waals surface area contributed by atoms with Gasteiger partial charge in [0.15, 0.2) is 5.78 Å². The maximum atomic E-state index is 13.0. The molecule has 9 nitrogen and oxygen atoms in total. The summed E-state index contributed by atoms with van der Waals surface area (Å²) < 4.78 is 0. The van der Waals surface area contributed by atoms with E-state index in [9.17, 15) is 24.5 Å². The Morgan fingerprint density at radius 1 is 1.10 bits per heavy atom. The van der Waals surface area contributed by atoms with E-state index in [1.807, 2.05) is 0 Å². The van der Waals surface area contributed by atoms with Gasteiger partial charge in [-0.1, -0.05) is 24.1 Å². The molecule has 0 aromatic heterocycles. The number of terminal acetylenes is 1. The predicted octanol–water partition coefficient (Wildman–Crippen LogP) is 1.37. The minimum absolute atomic E-state index is 0.0332. The second-order valence-corrected chi connectivity index (χ2v) is 6.39. The summed E-state index contributed by atoms with van der Waals surface area (Å²) in [6, 6.07) is 10.1. The van der Waals surface area contributed by atoms with Crippen molar-refractivity contribution in [2.45, 2.75) is 0 Å². The number of carbonyl (C=O) groups is 3. The number of nitrogens with one attached hydrogen (secondary N) is 2. The predicted molar refractivity (Wildman–Crippen MR) is 111 cm³/mol. The van der Waals surface area contributed by atoms with Crippen LogP contribution in [0.25, 0.3) is 0 Å². The number of benzene rings is 2. The van der Waals surface area contributed by atoms with Crippen molar-refractivity contribution in [1.82, 2.24) is 10.6 Å². The molecule has 0 aliphatic rings. The molecule has 9 heteroatoms. The number of rotatable bonds is 8. The zero-order valence-corrected chi connectivity index (χ0v) is 16.5. The summed E-state index contributed by atoms with van der Waals surface area (Å²) in [4.78, 5) is 49.5. The fourth-order valence-electron chi connectivity index (χ4n) is 2.69. The van der Waals surface area contributed by atoms with Crippen molar-refractivity contribution in [3.8, 4) is 12.3 Å². The Hall–Kier alpha value is -4.19. The number of ketones is 1. The minimum Gasteiger partial charge on any atom is -0.372 e. The summed E-state index contributed by atoms with van der Waals surface area (Å²) in [5.41, 5.74) is 0.301. The first-order valence-corrected chi connectivity index (χ1v) is 8.84. The smallest absolute Gasteiger partial charge is 0.293 e. The van der Waals surface area contributed by atoms with Gasteiger partial charge in [0.25, 0.3) is 11.6 Å². The number of amides is 2. The minimum atomic E-state index is -0.630. The number of hydrogen-bond acceptors (Lipinski definition) is 6. The molecule has 30 heavy (non-hydrogen) atoms. The number of carbonyl (C=O) groups excluding carboxylic acids is 3. The van der Waals surface area contributed by atoms with Crippen LogP contribution < -0.4 is 15.5 Å². The maximum absolute atomic E-state index is 13.0. The van der Waals surface area contributed by atoms with Crippen LogP contribution in [-0.4, -0.2) is 49.7 Å². The van der Waals surface area contributed by atoms with Crippen LogP contribution in [0.5, 0.6) is 0 Å². The Kier molecular flexibility index (Phi) is 7.25. The Labute approximate surface area is 173 Å².